The number of anilines is 1. The Balaban J connectivity index is 0.00000150. The fourth-order valence-corrected chi connectivity index (χ4v) is 4.99. The molecule has 1 aromatic carbocycles. The van der Waals surface area contributed by atoms with Crippen molar-refractivity contribution >= 4 is 61.9 Å². The third-order valence-corrected chi connectivity index (χ3v) is 7.17. The molecule has 29 heavy (non-hydrogen) atoms. The number of hydrogen-bond donors (Lipinski definition) is 0. The van der Waals surface area contributed by atoms with Crippen LogP contribution in [0.3, 0.4) is 0 Å². The van der Waals surface area contributed by atoms with Crippen molar-refractivity contribution in [3.63, 3.8) is 0 Å². The maximum atomic E-state index is 11.7. The monoisotopic (exact) mass is 473 g/mol. The normalized spacial score (nSPS) is 15.0. The standard InChI is InChI=1S/C20H23N3O2S2.2ClH/c1-3-22-9-11-23(12-10-22)20-19-16(8-13-26-19)14-18(21-20)15-4-6-17(7-5-15)27(2,24)25;;/h4-8,13-14H,3,9-12H2,1-2H3;2*1H. The number of likely N-dealkylation sites (N-methyl/N-ethyl adjacent to an activating group) is 1. The van der Waals surface area contributed by atoms with E-state index in [2.05, 4.69) is 34.2 Å². The van der Waals surface area contributed by atoms with Gasteiger partial charge in [-0.05, 0) is 41.6 Å². The molecule has 1 fully saturated rings. The number of rotatable bonds is 4. The van der Waals surface area contributed by atoms with E-state index in [4.69, 9.17) is 4.98 Å². The van der Waals surface area contributed by atoms with Gasteiger partial charge in [0.2, 0.25) is 0 Å². The molecule has 2 aromatic heterocycles. The highest BCUT2D eigenvalue weighted by Crippen LogP contribution is 2.34. The van der Waals surface area contributed by atoms with Crippen LogP contribution in [0.2, 0.25) is 0 Å². The molecule has 3 heterocycles. The highest BCUT2D eigenvalue weighted by atomic mass is 35.5. The summed E-state index contributed by atoms with van der Waals surface area (Å²) in [5.41, 5.74) is 1.82. The second-order valence-electron chi connectivity index (χ2n) is 6.89. The summed E-state index contributed by atoms with van der Waals surface area (Å²) in [5.74, 6) is 1.04. The van der Waals surface area contributed by atoms with Gasteiger partial charge in [-0.2, -0.15) is 0 Å². The number of piperazine rings is 1. The zero-order valence-electron chi connectivity index (χ0n) is 16.4. The Hall–Kier alpha value is -1.38. The predicted molar refractivity (Wildman–Crippen MR) is 127 cm³/mol. The number of pyridine rings is 1. The summed E-state index contributed by atoms with van der Waals surface area (Å²) in [4.78, 5) is 10.1. The molecular formula is C20H25Cl2N3O2S2. The average molecular weight is 474 g/mol. The average Bonchev–Trinajstić information content (AvgIpc) is 3.15. The number of fused-ring (bicyclic) bond motifs is 1. The SMILES string of the molecule is CCN1CCN(c2nc(-c3ccc(S(C)(=O)=O)cc3)cc3ccsc23)CC1.Cl.Cl. The van der Waals surface area contributed by atoms with Crippen molar-refractivity contribution in [2.75, 3.05) is 43.9 Å². The quantitative estimate of drug-likeness (QED) is 0.563. The van der Waals surface area contributed by atoms with E-state index in [1.807, 2.05) is 12.1 Å². The number of benzene rings is 1. The van der Waals surface area contributed by atoms with Crippen molar-refractivity contribution < 1.29 is 8.42 Å². The Morgan fingerprint density at radius 1 is 1.03 bits per heavy atom. The highest BCUT2D eigenvalue weighted by Gasteiger charge is 2.20. The van der Waals surface area contributed by atoms with Crippen LogP contribution in [0, 0.1) is 0 Å². The molecule has 0 saturated carbocycles. The van der Waals surface area contributed by atoms with Gasteiger partial charge in [-0.1, -0.05) is 19.1 Å². The van der Waals surface area contributed by atoms with E-state index >= 15 is 0 Å². The van der Waals surface area contributed by atoms with Gasteiger partial charge in [0.05, 0.1) is 15.3 Å². The van der Waals surface area contributed by atoms with Crippen LogP contribution in [0.1, 0.15) is 6.92 Å². The molecule has 1 aliphatic heterocycles. The summed E-state index contributed by atoms with van der Waals surface area (Å²) in [5, 5.41) is 3.29. The van der Waals surface area contributed by atoms with Gasteiger partial charge in [0.25, 0.3) is 0 Å². The van der Waals surface area contributed by atoms with Crippen LogP contribution in [0.25, 0.3) is 21.3 Å². The summed E-state index contributed by atoms with van der Waals surface area (Å²) in [6.07, 6.45) is 1.23. The molecule has 158 valence electrons. The van der Waals surface area contributed by atoms with Gasteiger partial charge in [-0.25, -0.2) is 13.4 Å². The minimum absolute atomic E-state index is 0. The zero-order valence-corrected chi connectivity index (χ0v) is 19.6. The minimum Gasteiger partial charge on any atom is -0.353 e. The smallest absolute Gasteiger partial charge is 0.175 e. The lowest BCUT2D eigenvalue weighted by molar-refractivity contribution is 0.271. The van der Waals surface area contributed by atoms with Gasteiger partial charge >= 0.3 is 0 Å². The number of sulfone groups is 1. The Bertz CT molecular complexity index is 1060. The fourth-order valence-electron chi connectivity index (χ4n) is 3.47. The van der Waals surface area contributed by atoms with Crippen LogP contribution in [-0.4, -0.2) is 57.3 Å². The topological polar surface area (TPSA) is 53.5 Å². The molecule has 0 aliphatic carbocycles. The number of thiophene rings is 1. The molecule has 1 aliphatic rings. The van der Waals surface area contributed by atoms with Crippen LogP contribution in [0.4, 0.5) is 5.82 Å². The molecule has 0 unspecified atom stereocenters. The number of halogens is 2. The number of aromatic nitrogens is 1. The summed E-state index contributed by atoms with van der Waals surface area (Å²) < 4.78 is 24.6. The van der Waals surface area contributed by atoms with E-state index in [-0.39, 0.29) is 24.8 Å². The first-order valence-corrected chi connectivity index (χ1v) is 11.9. The van der Waals surface area contributed by atoms with Gasteiger partial charge in [-0.15, -0.1) is 36.2 Å². The van der Waals surface area contributed by atoms with E-state index < -0.39 is 9.84 Å². The van der Waals surface area contributed by atoms with E-state index in [0.717, 1.165) is 49.8 Å². The summed E-state index contributed by atoms with van der Waals surface area (Å²) in [6.45, 7) is 7.35. The Morgan fingerprint density at radius 2 is 1.69 bits per heavy atom. The number of nitrogens with zero attached hydrogens (tertiary/aromatic N) is 3. The Morgan fingerprint density at radius 3 is 2.28 bits per heavy atom. The van der Waals surface area contributed by atoms with Crippen LogP contribution in [0.15, 0.2) is 46.7 Å². The first-order chi connectivity index (χ1) is 13.0. The van der Waals surface area contributed by atoms with Crippen LogP contribution < -0.4 is 4.90 Å². The van der Waals surface area contributed by atoms with E-state index in [1.165, 1.54) is 16.3 Å². The van der Waals surface area contributed by atoms with Gasteiger partial charge < -0.3 is 9.80 Å². The first kappa shape index (κ1) is 23.9. The lowest BCUT2D eigenvalue weighted by Gasteiger charge is -2.35. The molecule has 5 nitrogen and oxygen atoms in total. The maximum Gasteiger partial charge on any atom is 0.175 e. The molecular weight excluding hydrogens is 449 g/mol. The summed E-state index contributed by atoms with van der Waals surface area (Å²) in [6, 6.07) is 11.2. The Kier molecular flexibility index (Phi) is 7.93. The molecule has 9 heteroatoms. The van der Waals surface area contributed by atoms with Gasteiger partial charge in [-0.3, -0.25) is 0 Å². The van der Waals surface area contributed by atoms with Crippen molar-refractivity contribution in [3.8, 4) is 11.3 Å². The molecule has 0 radical (unpaired) electrons. The number of hydrogen-bond acceptors (Lipinski definition) is 6. The fraction of sp³-hybridized carbons (Fsp3) is 0.350. The second-order valence-corrected chi connectivity index (χ2v) is 9.82. The van der Waals surface area contributed by atoms with Gasteiger partial charge in [0.15, 0.2) is 9.84 Å². The largest absolute Gasteiger partial charge is 0.353 e. The van der Waals surface area contributed by atoms with Crippen LogP contribution in [0.5, 0.6) is 0 Å². The second kappa shape index (κ2) is 9.62. The molecule has 3 aromatic rings. The van der Waals surface area contributed by atoms with Crippen molar-refractivity contribution in [1.29, 1.82) is 0 Å². The van der Waals surface area contributed by atoms with Gasteiger partial charge in [0, 0.05) is 38.0 Å². The lowest BCUT2D eigenvalue weighted by Crippen LogP contribution is -2.46. The molecule has 0 amide bonds. The van der Waals surface area contributed by atoms with Crippen molar-refractivity contribution in [2.45, 2.75) is 11.8 Å². The maximum absolute atomic E-state index is 11.7. The lowest BCUT2D eigenvalue weighted by atomic mass is 10.1. The first-order valence-electron chi connectivity index (χ1n) is 9.12. The zero-order chi connectivity index (χ0) is 19.0. The molecule has 1 saturated heterocycles. The van der Waals surface area contributed by atoms with Crippen molar-refractivity contribution in [2.24, 2.45) is 0 Å². The molecule has 0 bridgehead atoms. The minimum atomic E-state index is -3.19. The third-order valence-electron chi connectivity index (χ3n) is 5.11. The third kappa shape index (κ3) is 5.03. The molecule has 0 N–H and O–H groups in total. The summed E-state index contributed by atoms with van der Waals surface area (Å²) >= 11 is 1.73. The van der Waals surface area contributed by atoms with E-state index in [1.54, 1.807) is 23.5 Å². The van der Waals surface area contributed by atoms with Gasteiger partial charge in [0.1, 0.15) is 5.82 Å². The van der Waals surface area contributed by atoms with Crippen LogP contribution >= 0.6 is 36.2 Å². The Labute approximate surface area is 188 Å². The predicted octanol–water partition coefficient (Wildman–Crippen LogP) is 4.35. The van der Waals surface area contributed by atoms with Crippen molar-refractivity contribution in [1.82, 2.24) is 9.88 Å². The molecule has 4 rings (SSSR count). The summed E-state index contributed by atoms with van der Waals surface area (Å²) in [7, 11) is -3.19. The highest BCUT2D eigenvalue weighted by molar-refractivity contribution is 7.90. The van der Waals surface area contributed by atoms with Crippen LogP contribution in [-0.2, 0) is 9.84 Å². The molecule has 0 spiro atoms. The van der Waals surface area contributed by atoms with E-state index in [0.29, 0.717) is 4.90 Å². The van der Waals surface area contributed by atoms with Crippen molar-refractivity contribution in [3.05, 3.63) is 41.8 Å². The van der Waals surface area contributed by atoms with E-state index in [9.17, 15) is 8.42 Å². The molecule has 0 atom stereocenters.